The third-order valence-electron chi connectivity index (χ3n) is 8.59. The molecule has 0 bridgehead atoms. The summed E-state index contributed by atoms with van der Waals surface area (Å²) in [5.41, 5.74) is 7.74. The van der Waals surface area contributed by atoms with Crippen LogP contribution in [0, 0.1) is 7.43 Å². The van der Waals surface area contributed by atoms with Gasteiger partial charge in [0.2, 0.25) is 9.04 Å². The van der Waals surface area contributed by atoms with Crippen LogP contribution in [0.3, 0.4) is 0 Å². The molecule has 406 valence electrons. The molecule has 0 spiro atoms. The van der Waals surface area contributed by atoms with E-state index in [1.807, 2.05) is 43.4 Å². The number of nitrogens with zero attached hydrogens (tertiary/aromatic N) is 3. The SMILES string of the molecule is C=CCO[Si](C)C.C=C[Si](C)(C)O[Si](C)(C)C=C.CC(C)(C)O[Si](C)(C)CC[SiH3].CC([SiH3])[Si](C)(C)OC(C)(C)C.CN=C(C)c1cccc(C(C)=NC)n1.C[SiH](O[Si](C)(C)C)O[Si](C)(C)C.[CH3-].[Co]. The summed E-state index contributed by atoms with van der Waals surface area (Å²) >= 11 is 0. The van der Waals surface area contributed by atoms with E-state index in [4.69, 9.17) is 25.6 Å². The Morgan fingerprint density at radius 2 is 1.10 bits per heavy atom. The average Bonchev–Trinajstić information content (AvgIpc) is 3.10. The fraction of sp³-hybridized carbons (Fsp3) is 0.708. The van der Waals surface area contributed by atoms with Crippen LogP contribution in [0.15, 0.2) is 65.4 Å². The molecule has 20 heteroatoms. The Morgan fingerprint density at radius 1 is 0.750 bits per heavy atom. The van der Waals surface area contributed by atoms with Crippen molar-refractivity contribution in [1.82, 2.24) is 4.98 Å². The van der Waals surface area contributed by atoms with Gasteiger partial charge in [0.25, 0.3) is 9.28 Å². The van der Waals surface area contributed by atoms with E-state index in [0.717, 1.165) is 28.0 Å². The van der Waals surface area contributed by atoms with Crippen LogP contribution < -0.4 is 0 Å². The largest absolute Gasteiger partial charge is 0.449 e. The van der Waals surface area contributed by atoms with Crippen molar-refractivity contribution < 1.29 is 42.4 Å². The van der Waals surface area contributed by atoms with Crippen molar-refractivity contribution in [3.05, 3.63) is 74.2 Å². The minimum absolute atomic E-state index is 0. The third-order valence-corrected chi connectivity index (χ3v) is 36.3. The van der Waals surface area contributed by atoms with Crippen molar-refractivity contribution in [1.29, 1.82) is 0 Å². The first kappa shape index (κ1) is 82.2. The molecule has 0 aliphatic carbocycles. The molecule has 0 aromatic carbocycles. The number of hydrogen-bond donors (Lipinski definition) is 0. The molecular formula is C48H113CoN3O6Si10-. The van der Waals surface area contributed by atoms with Gasteiger partial charge < -0.3 is 33.1 Å². The molecule has 2 radical (unpaired) electrons. The molecule has 1 atom stereocenters. The van der Waals surface area contributed by atoms with Crippen LogP contribution in [0.2, 0.25) is 129 Å². The number of aromatic nitrogens is 1. The monoisotopic (exact) mass is 1170 g/mol. The predicted octanol–water partition coefficient (Wildman–Crippen LogP) is 12.8. The van der Waals surface area contributed by atoms with Gasteiger partial charge in [0.1, 0.15) is 0 Å². The molecule has 1 unspecified atom stereocenters. The molecule has 0 saturated carbocycles. The van der Waals surface area contributed by atoms with E-state index in [2.05, 4.69) is 194 Å². The summed E-state index contributed by atoms with van der Waals surface area (Å²) in [4.78, 5) is 12.7. The molecule has 0 amide bonds. The van der Waals surface area contributed by atoms with Crippen molar-refractivity contribution >= 4 is 100 Å². The number of aliphatic imine (C=N–C) groups is 2. The zero-order valence-electron chi connectivity index (χ0n) is 50.5. The number of rotatable bonds is 18. The average molecular weight is 1170 g/mol. The van der Waals surface area contributed by atoms with Gasteiger partial charge in [-0.25, -0.2) is 4.98 Å². The maximum Gasteiger partial charge on any atom is 0.297 e. The minimum Gasteiger partial charge on any atom is -0.449 e. The molecule has 0 aliphatic heterocycles. The summed E-state index contributed by atoms with van der Waals surface area (Å²) in [7, 11) is -4.23. The molecule has 68 heavy (non-hydrogen) atoms. The van der Waals surface area contributed by atoms with Crippen LogP contribution >= 0.6 is 0 Å². The van der Waals surface area contributed by atoms with Gasteiger partial charge in [-0.3, -0.25) is 9.98 Å². The van der Waals surface area contributed by atoms with Crippen molar-refractivity contribution in [3.63, 3.8) is 0 Å². The van der Waals surface area contributed by atoms with E-state index in [0.29, 0.717) is 6.61 Å². The summed E-state index contributed by atoms with van der Waals surface area (Å²) in [6.45, 7) is 68.4. The smallest absolute Gasteiger partial charge is 0.297 e. The van der Waals surface area contributed by atoms with Crippen LogP contribution in [0.5, 0.6) is 0 Å². The Hall–Kier alpha value is 0.145. The van der Waals surface area contributed by atoms with Gasteiger partial charge in [0.05, 0.1) is 29.4 Å². The topological polar surface area (TPSA) is 93.0 Å². The first-order valence-electron chi connectivity index (χ1n) is 23.9. The van der Waals surface area contributed by atoms with E-state index in [1.165, 1.54) is 32.6 Å². The van der Waals surface area contributed by atoms with Gasteiger partial charge in [0.15, 0.2) is 49.9 Å². The Labute approximate surface area is 451 Å². The summed E-state index contributed by atoms with van der Waals surface area (Å²) in [6, 6.07) is 8.59. The maximum absolute atomic E-state index is 6.06. The molecule has 1 aromatic heterocycles. The zero-order valence-corrected chi connectivity index (χ0v) is 63.7. The number of hydrogen-bond acceptors (Lipinski definition) is 9. The van der Waals surface area contributed by atoms with Gasteiger partial charge >= 0.3 is 0 Å². The fourth-order valence-electron chi connectivity index (χ4n) is 5.46. The van der Waals surface area contributed by atoms with Crippen molar-refractivity contribution in [3.8, 4) is 0 Å². The summed E-state index contributed by atoms with van der Waals surface area (Å²) in [5.74, 6) is 0. The van der Waals surface area contributed by atoms with E-state index >= 15 is 0 Å². The Balaban J connectivity index is -0.000000132. The molecule has 0 aliphatic rings. The first-order valence-corrected chi connectivity index (χ1v) is 49.9. The van der Waals surface area contributed by atoms with Crippen LogP contribution in [0.25, 0.3) is 0 Å². The second kappa shape index (κ2) is 38.7. The summed E-state index contributed by atoms with van der Waals surface area (Å²) in [5, 5.41) is 0.835. The summed E-state index contributed by atoms with van der Waals surface area (Å²) in [6.07, 6.45) is 1.78. The molecule has 1 heterocycles. The standard InChI is InChI=1S/C11H15N3.C8H22OSi2.C8H18OSi2.C8H22OSi2.C7H22O2Si3.C5H11OSi.CH3.Co/c1-8(12-3)10-6-5-7-11(14-10)9(2)13-4;1-8(2,3)9-11(4,5)7-6-10;1-7-10(3,4)9-11(5,6)8-2;1-7(10)11(5,6)9-8(2,3)4;1-10(8-11(2,3)4)9-12(5,6)7;1-4-5-6-7(2)3;;/h5-7H,1-4H3;6-7H2,1-5,10H3;7-8H,1-2H2,3-6H3;7H,1-6,10H3;10H,1-7H3;4H,1,5H2,2-3H3;1H3;/q;;;;;;-1;. The quantitative estimate of drug-likeness (QED) is 0.0626. The van der Waals surface area contributed by atoms with Gasteiger partial charge in [-0.2, -0.15) is 0 Å². The number of pyridine rings is 1. The predicted molar refractivity (Wildman–Crippen MR) is 334 cm³/mol. The molecule has 1 aromatic rings. The second-order valence-electron chi connectivity index (χ2n) is 23.0. The van der Waals surface area contributed by atoms with Gasteiger partial charge in [0, 0.05) is 62.6 Å². The molecule has 0 saturated heterocycles. The molecule has 1 rings (SSSR count). The van der Waals surface area contributed by atoms with Crippen LogP contribution in [-0.4, -0.2) is 137 Å². The van der Waals surface area contributed by atoms with Gasteiger partial charge in [-0.1, -0.05) is 36.5 Å². The summed E-state index contributed by atoms with van der Waals surface area (Å²) < 4.78 is 35.0. The third kappa shape index (κ3) is 57.1. The minimum atomic E-state index is -1.58. The molecule has 0 N–H and O–H groups in total. The van der Waals surface area contributed by atoms with Crippen LogP contribution in [0.1, 0.15) is 73.7 Å². The fourth-order valence-corrected chi connectivity index (χ4v) is 29.3. The second-order valence-corrected chi connectivity index (χ2v) is 57.3. The van der Waals surface area contributed by atoms with E-state index in [-0.39, 0.29) is 35.4 Å². The van der Waals surface area contributed by atoms with Crippen LogP contribution in [0.4, 0.5) is 0 Å². The zero-order chi connectivity index (χ0) is 53.8. The van der Waals surface area contributed by atoms with Gasteiger partial charge in [-0.05, 0) is 190 Å². The van der Waals surface area contributed by atoms with Crippen LogP contribution in [-0.2, 0) is 42.4 Å². The Kier molecular flexibility index (Phi) is 46.7. The molecule has 0 fully saturated rings. The molecular weight excluding hydrogens is 1050 g/mol. The first-order chi connectivity index (χ1) is 29.3. The maximum atomic E-state index is 6.06. The Morgan fingerprint density at radius 3 is 1.31 bits per heavy atom. The van der Waals surface area contributed by atoms with Gasteiger partial charge in [-0.15, -0.1) is 19.7 Å². The Bertz CT molecular complexity index is 1470. The normalized spacial score (nSPS) is 13.2. The van der Waals surface area contributed by atoms with E-state index in [1.54, 1.807) is 20.2 Å². The van der Waals surface area contributed by atoms with E-state index in [9.17, 15) is 0 Å². The van der Waals surface area contributed by atoms with Crippen molar-refractivity contribution in [2.24, 2.45) is 9.98 Å². The van der Waals surface area contributed by atoms with E-state index < -0.39 is 68.2 Å². The van der Waals surface area contributed by atoms with Crippen molar-refractivity contribution in [2.75, 3.05) is 20.7 Å². The van der Waals surface area contributed by atoms with Crippen molar-refractivity contribution in [2.45, 2.75) is 202 Å². The molecule has 9 nitrogen and oxygen atoms in total.